The van der Waals surface area contributed by atoms with Gasteiger partial charge in [-0.1, -0.05) is 84.9 Å². The maximum absolute atomic E-state index is 13.9. The first-order valence-corrected chi connectivity index (χ1v) is 11.0. The highest BCUT2D eigenvalue weighted by Crippen LogP contribution is 2.39. The molecule has 2 N–H and O–H groups in total. The van der Waals surface area contributed by atoms with Crippen molar-refractivity contribution in [2.24, 2.45) is 10.7 Å². The smallest absolute Gasteiger partial charge is 0.266 e. The van der Waals surface area contributed by atoms with Gasteiger partial charge in [-0.2, -0.15) is 0 Å². The van der Waals surface area contributed by atoms with Gasteiger partial charge in [0.25, 0.3) is 5.91 Å². The first-order chi connectivity index (χ1) is 16.6. The third kappa shape index (κ3) is 3.79. The zero-order valence-electron chi connectivity index (χ0n) is 18.4. The molecule has 5 rings (SSSR count). The second-order valence-electron chi connectivity index (χ2n) is 8.20. The second-order valence-corrected chi connectivity index (χ2v) is 8.20. The molecular formula is C28H23N3O3. The Morgan fingerprint density at radius 1 is 0.853 bits per heavy atom. The van der Waals surface area contributed by atoms with Gasteiger partial charge in [-0.25, -0.2) is 4.99 Å². The molecule has 1 aliphatic rings. The molecule has 6 heteroatoms. The van der Waals surface area contributed by atoms with Crippen LogP contribution in [0.15, 0.2) is 113 Å². The lowest BCUT2D eigenvalue weighted by molar-refractivity contribution is -0.130. The summed E-state index contributed by atoms with van der Waals surface area (Å²) in [5.74, 6) is 0.175. The molecule has 168 valence electrons. The van der Waals surface area contributed by atoms with Crippen molar-refractivity contribution in [2.45, 2.75) is 18.5 Å². The Hall–Kier alpha value is -4.45. The van der Waals surface area contributed by atoms with Gasteiger partial charge in [0.1, 0.15) is 0 Å². The number of benzene rings is 3. The lowest BCUT2D eigenvalue weighted by Crippen LogP contribution is -2.43. The van der Waals surface area contributed by atoms with Crippen LogP contribution in [0.5, 0.6) is 0 Å². The molecule has 6 nitrogen and oxygen atoms in total. The quantitative estimate of drug-likeness (QED) is 0.426. The van der Waals surface area contributed by atoms with Gasteiger partial charge in [0.05, 0.1) is 12.8 Å². The van der Waals surface area contributed by atoms with E-state index < -0.39 is 5.54 Å². The molecule has 1 aromatic heterocycles. The number of guanidine groups is 1. The van der Waals surface area contributed by atoms with Gasteiger partial charge in [0.15, 0.2) is 17.3 Å². The highest BCUT2D eigenvalue weighted by atomic mass is 16.3. The van der Waals surface area contributed by atoms with E-state index in [1.54, 1.807) is 12.1 Å². The van der Waals surface area contributed by atoms with Crippen molar-refractivity contribution in [2.75, 3.05) is 0 Å². The number of carbonyl (C=O) groups is 2. The number of Topliss-reactive ketones (excluding diaryl/α,β-unsaturated/α-hetero) is 1. The molecule has 0 bridgehead atoms. The van der Waals surface area contributed by atoms with Gasteiger partial charge in [0.2, 0.25) is 5.78 Å². The largest absolute Gasteiger partial charge is 0.461 e. The summed E-state index contributed by atoms with van der Waals surface area (Å²) >= 11 is 0. The van der Waals surface area contributed by atoms with Crippen LogP contribution in [0.4, 0.5) is 0 Å². The molecule has 3 aromatic carbocycles. The number of rotatable bonds is 7. The van der Waals surface area contributed by atoms with Crippen molar-refractivity contribution in [3.8, 4) is 0 Å². The molecule has 1 amide bonds. The van der Waals surface area contributed by atoms with Crippen LogP contribution in [0.25, 0.3) is 0 Å². The third-order valence-electron chi connectivity index (χ3n) is 5.99. The van der Waals surface area contributed by atoms with Crippen LogP contribution in [0.1, 0.15) is 32.8 Å². The summed E-state index contributed by atoms with van der Waals surface area (Å²) in [6, 6.07) is 29.9. The molecule has 0 saturated heterocycles. The molecule has 0 unspecified atom stereocenters. The van der Waals surface area contributed by atoms with Crippen LogP contribution in [-0.4, -0.2) is 22.5 Å². The van der Waals surface area contributed by atoms with E-state index in [2.05, 4.69) is 0 Å². The number of amides is 1. The SMILES string of the molecule is NC1=NC(c2ccccc2)(c2ccccc2)C(=O)N1Cc1cccc(CC(=O)c2ccco2)c1. The van der Waals surface area contributed by atoms with Crippen LogP contribution >= 0.6 is 0 Å². The number of ketones is 1. The standard InChI is InChI=1S/C28H23N3O3/c29-27-30-28(22-11-3-1-4-12-22,23-13-5-2-6-14-23)26(33)31(27)19-21-10-7-9-20(17-21)18-24(32)25-15-8-16-34-25/h1-17H,18-19H2,(H2,29,30). The Balaban J connectivity index is 1.44. The fourth-order valence-electron chi connectivity index (χ4n) is 4.36. The van der Waals surface area contributed by atoms with Gasteiger partial charge in [-0.15, -0.1) is 0 Å². The fraction of sp³-hybridized carbons (Fsp3) is 0.107. The van der Waals surface area contributed by atoms with E-state index in [-0.39, 0.29) is 30.6 Å². The van der Waals surface area contributed by atoms with E-state index in [0.29, 0.717) is 5.76 Å². The lowest BCUT2D eigenvalue weighted by atomic mass is 9.83. The number of nitrogens with two attached hydrogens (primary N) is 1. The predicted octanol–water partition coefficient (Wildman–Crippen LogP) is 4.31. The van der Waals surface area contributed by atoms with Gasteiger partial charge in [-0.05, 0) is 34.4 Å². The van der Waals surface area contributed by atoms with Crippen LogP contribution in [0, 0.1) is 0 Å². The second kappa shape index (κ2) is 8.83. The molecule has 0 aliphatic carbocycles. The summed E-state index contributed by atoms with van der Waals surface area (Å²) in [6.45, 7) is 0.248. The summed E-state index contributed by atoms with van der Waals surface area (Å²) in [7, 11) is 0. The Kier molecular flexibility index (Phi) is 5.55. The van der Waals surface area contributed by atoms with Crippen molar-refractivity contribution >= 4 is 17.6 Å². The highest BCUT2D eigenvalue weighted by molar-refractivity contribution is 6.09. The normalized spacial score (nSPS) is 14.8. The minimum absolute atomic E-state index is 0.104. The van der Waals surface area contributed by atoms with Crippen LogP contribution in [-0.2, 0) is 23.3 Å². The van der Waals surface area contributed by atoms with E-state index in [9.17, 15) is 9.59 Å². The Morgan fingerprint density at radius 3 is 2.12 bits per heavy atom. The zero-order valence-corrected chi connectivity index (χ0v) is 18.4. The van der Waals surface area contributed by atoms with E-state index in [0.717, 1.165) is 22.3 Å². The van der Waals surface area contributed by atoms with E-state index in [1.807, 2.05) is 84.9 Å². The Morgan fingerprint density at radius 2 is 1.50 bits per heavy atom. The summed E-state index contributed by atoms with van der Waals surface area (Å²) in [4.78, 5) is 32.6. The molecule has 0 atom stereocenters. The Labute approximate surface area is 197 Å². The first-order valence-electron chi connectivity index (χ1n) is 11.0. The van der Waals surface area contributed by atoms with Gasteiger partial charge < -0.3 is 10.2 Å². The minimum Gasteiger partial charge on any atom is -0.461 e. The van der Waals surface area contributed by atoms with Gasteiger partial charge >= 0.3 is 0 Å². The van der Waals surface area contributed by atoms with Gasteiger partial charge in [-0.3, -0.25) is 14.5 Å². The molecule has 1 aliphatic heterocycles. The highest BCUT2D eigenvalue weighted by Gasteiger charge is 2.50. The maximum atomic E-state index is 13.9. The van der Waals surface area contributed by atoms with Crippen molar-refractivity contribution in [1.29, 1.82) is 0 Å². The van der Waals surface area contributed by atoms with Gasteiger partial charge in [0, 0.05) is 6.42 Å². The molecule has 0 saturated carbocycles. The lowest BCUT2D eigenvalue weighted by Gasteiger charge is -2.27. The summed E-state index contributed by atoms with van der Waals surface area (Å²) in [5, 5.41) is 0. The summed E-state index contributed by atoms with van der Waals surface area (Å²) in [5.41, 5.74) is 8.31. The third-order valence-corrected chi connectivity index (χ3v) is 5.99. The van der Waals surface area contributed by atoms with Crippen LogP contribution in [0.2, 0.25) is 0 Å². The zero-order chi connectivity index (χ0) is 23.5. The number of furan rings is 1. The van der Waals surface area contributed by atoms with Crippen LogP contribution < -0.4 is 5.73 Å². The monoisotopic (exact) mass is 449 g/mol. The Bertz CT molecular complexity index is 1310. The molecule has 34 heavy (non-hydrogen) atoms. The van der Waals surface area contributed by atoms with E-state index in [4.69, 9.17) is 15.1 Å². The summed E-state index contributed by atoms with van der Waals surface area (Å²) in [6.07, 6.45) is 1.69. The summed E-state index contributed by atoms with van der Waals surface area (Å²) < 4.78 is 5.21. The minimum atomic E-state index is -1.24. The van der Waals surface area contributed by atoms with Crippen LogP contribution in [0.3, 0.4) is 0 Å². The van der Waals surface area contributed by atoms with Crippen molar-refractivity contribution in [1.82, 2.24) is 4.90 Å². The van der Waals surface area contributed by atoms with E-state index in [1.165, 1.54) is 11.2 Å². The first kappa shape index (κ1) is 21.4. The van der Waals surface area contributed by atoms with Crippen molar-refractivity contribution in [3.05, 3.63) is 131 Å². The molecule has 0 spiro atoms. The average molecular weight is 450 g/mol. The number of nitrogens with zero attached hydrogens (tertiary/aromatic N) is 2. The fourth-order valence-corrected chi connectivity index (χ4v) is 4.36. The average Bonchev–Trinajstić information content (AvgIpc) is 3.49. The van der Waals surface area contributed by atoms with Crippen molar-refractivity contribution in [3.63, 3.8) is 0 Å². The number of aliphatic imine (C=N–C) groups is 1. The molecule has 2 heterocycles. The van der Waals surface area contributed by atoms with Crippen molar-refractivity contribution < 1.29 is 14.0 Å². The molecular weight excluding hydrogens is 426 g/mol. The van der Waals surface area contributed by atoms with E-state index >= 15 is 0 Å². The maximum Gasteiger partial charge on any atom is 0.266 e. The molecule has 0 fully saturated rings. The molecule has 4 aromatic rings. The number of hydrogen-bond acceptors (Lipinski definition) is 5. The molecule has 0 radical (unpaired) electrons. The predicted molar refractivity (Wildman–Crippen MR) is 129 cm³/mol. The topological polar surface area (TPSA) is 88.9 Å². The number of hydrogen-bond donors (Lipinski definition) is 1. The number of carbonyl (C=O) groups excluding carboxylic acids is 2.